The maximum absolute atomic E-state index is 12.3. The second-order valence-corrected chi connectivity index (χ2v) is 6.53. The summed E-state index contributed by atoms with van der Waals surface area (Å²) >= 11 is 0. The van der Waals surface area contributed by atoms with Crippen LogP contribution in [-0.4, -0.2) is 43.6 Å². The zero-order valence-electron chi connectivity index (χ0n) is 16.0. The molecule has 5 heteroatoms. The van der Waals surface area contributed by atoms with Crippen LogP contribution in [0.4, 0.5) is 0 Å². The van der Waals surface area contributed by atoms with Crippen molar-refractivity contribution in [3.05, 3.63) is 23.9 Å². The number of unbranched alkanes of at least 4 members (excludes halogenated alkanes) is 1. The van der Waals surface area contributed by atoms with Crippen molar-refractivity contribution < 1.29 is 19.1 Å². The number of carbonyl (C=O) groups excluding carboxylic acids is 2. The molecule has 5 nitrogen and oxygen atoms in total. The Morgan fingerprint density at radius 3 is 2.44 bits per heavy atom. The molecule has 0 saturated carbocycles. The number of hydrogen-bond acceptors (Lipinski definition) is 5. The SMILES string of the molecule is CCCCC(CC)COC(=O)C(=CC=CN1CCCCC1)C(=O)OC. The number of piperidine rings is 1. The lowest BCUT2D eigenvalue weighted by molar-refractivity contribution is -0.146. The van der Waals surface area contributed by atoms with E-state index in [1.165, 1.54) is 32.4 Å². The molecule has 0 spiro atoms. The zero-order valence-corrected chi connectivity index (χ0v) is 16.0. The molecule has 1 unspecified atom stereocenters. The van der Waals surface area contributed by atoms with Crippen LogP contribution >= 0.6 is 0 Å². The number of carbonyl (C=O) groups is 2. The molecule has 0 amide bonds. The predicted molar refractivity (Wildman–Crippen MR) is 98.9 cm³/mol. The van der Waals surface area contributed by atoms with Gasteiger partial charge in [0.05, 0.1) is 13.7 Å². The third-order valence-electron chi connectivity index (χ3n) is 4.57. The Bertz CT molecular complexity index is 464. The molecular formula is C20H33NO4. The van der Waals surface area contributed by atoms with Gasteiger partial charge < -0.3 is 14.4 Å². The van der Waals surface area contributed by atoms with Crippen molar-refractivity contribution in [1.29, 1.82) is 0 Å². The molecule has 1 atom stereocenters. The van der Waals surface area contributed by atoms with Gasteiger partial charge in [0.15, 0.2) is 0 Å². The highest BCUT2D eigenvalue weighted by Gasteiger charge is 2.21. The molecule has 1 rings (SSSR count). The minimum absolute atomic E-state index is 0.0545. The van der Waals surface area contributed by atoms with Crippen LogP contribution in [0.2, 0.25) is 0 Å². The second-order valence-electron chi connectivity index (χ2n) is 6.53. The van der Waals surface area contributed by atoms with Gasteiger partial charge in [-0.1, -0.05) is 33.1 Å². The summed E-state index contributed by atoms with van der Waals surface area (Å²) in [5.74, 6) is -0.924. The molecule has 0 N–H and O–H groups in total. The molecule has 0 aliphatic carbocycles. The maximum Gasteiger partial charge on any atom is 0.345 e. The van der Waals surface area contributed by atoms with Gasteiger partial charge in [0.2, 0.25) is 0 Å². The highest BCUT2D eigenvalue weighted by atomic mass is 16.5. The number of rotatable bonds is 10. The summed E-state index contributed by atoms with van der Waals surface area (Å²) in [5.41, 5.74) is -0.0545. The molecule has 1 heterocycles. The van der Waals surface area contributed by atoms with E-state index >= 15 is 0 Å². The van der Waals surface area contributed by atoms with Crippen LogP contribution < -0.4 is 0 Å². The third-order valence-corrected chi connectivity index (χ3v) is 4.57. The molecule has 0 radical (unpaired) electrons. The molecule has 1 fully saturated rings. The fourth-order valence-electron chi connectivity index (χ4n) is 2.83. The molecule has 1 aliphatic heterocycles. The number of hydrogen-bond donors (Lipinski definition) is 0. The van der Waals surface area contributed by atoms with Crippen LogP contribution in [0.1, 0.15) is 58.8 Å². The van der Waals surface area contributed by atoms with Gasteiger partial charge in [-0.15, -0.1) is 0 Å². The average Bonchev–Trinajstić information content (AvgIpc) is 2.65. The Morgan fingerprint density at radius 2 is 1.84 bits per heavy atom. The lowest BCUT2D eigenvalue weighted by atomic mass is 10.0. The van der Waals surface area contributed by atoms with Gasteiger partial charge in [0.25, 0.3) is 0 Å². The van der Waals surface area contributed by atoms with Crippen molar-refractivity contribution in [2.24, 2.45) is 5.92 Å². The normalized spacial score (nSPS) is 16.8. The number of methoxy groups -OCH3 is 1. The number of allylic oxidation sites excluding steroid dienone is 2. The van der Waals surface area contributed by atoms with Gasteiger partial charge in [-0.3, -0.25) is 0 Å². The molecule has 0 bridgehead atoms. The summed E-state index contributed by atoms with van der Waals surface area (Å²) in [6, 6.07) is 0. The van der Waals surface area contributed by atoms with Crippen molar-refractivity contribution in [1.82, 2.24) is 4.90 Å². The van der Waals surface area contributed by atoms with Crippen molar-refractivity contribution in [3.63, 3.8) is 0 Å². The van der Waals surface area contributed by atoms with Gasteiger partial charge in [0.1, 0.15) is 5.57 Å². The van der Waals surface area contributed by atoms with Crippen molar-refractivity contribution in [2.45, 2.75) is 58.8 Å². The van der Waals surface area contributed by atoms with Crippen LogP contribution in [0.15, 0.2) is 23.9 Å². The Kier molecular flexibility index (Phi) is 10.7. The summed E-state index contributed by atoms with van der Waals surface area (Å²) in [6.45, 7) is 6.60. The van der Waals surface area contributed by atoms with E-state index in [0.29, 0.717) is 12.5 Å². The van der Waals surface area contributed by atoms with E-state index < -0.39 is 11.9 Å². The van der Waals surface area contributed by atoms with Gasteiger partial charge in [-0.2, -0.15) is 0 Å². The molecule has 142 valence electrons. The number of nitrogens with zero attached hydrogens (tertiary/aromatic N) is 1. The third kappa shape index (κ3) is 8.23. The van der Waals surface area contributed by atoms with Gasteiger partial charge in [-0.05, 0) is 50.0 Å². The summed E-state index contributed by atoms with van der Waals surface area (Å²) < 4.78 is 10.1. The van der Waals surface area contributed by atoms with E-state index in [9.17, 15) is 9.59 Å². The minimum atomic E-state index is -0.657. The summed E-state index contributed by atoms with van der Waals surface area (Å²) in [6.07, 6.45) is 13.0. The number of likely N-dealkylation sites (tertiary alicyclic amines) is 1. The van der Waals surface area contributed by atoms with Gasteiger partial charge in [0, 0.05) is 13.1 Å². The predicted octanol–water partition coefficient (Wildman–Crippen LogP) is 3.85. The fourth-order valence-corrected chi connectivity index (χ4v) is 2.83. The smallest absolute Gasteiger partial charge is 0.345 e. The second kappa shape index (κ2) is 12.6. The first-order chi connectivity index (χ1) is 12.1. The summed E-state index contributed by atoms with van der Waals surface area (Å²) in [7, 11) is 1.27. The largest absolute Gasteiger partial charge is 0.465 e. The highest BCUT2D eigenvalue weighted by molar-refractivity contribution is 6.14. The Labute approximate surface area is 152 Å². The first-order valence-electron chi connectivity index (χ1n) is 9.50. The van der Waals surface area contributed by atoms with E-state index in [4.69, 9.17) is 9.47 Å². The standard InChI is InChI=1S/C20H33NO4/c1-4-6-11-17(5-2)16-25-20(23)18(19(22)24-3)12-10-15-21-13-8-7-9-14-21/h10,12,15,17H,4-9,11,13-14,16H2,1-3H3. The van der Waals surface area contributed by atoms with Crippen molar-refractivity contribution >= 4 is 11.9 Å². The molecular weight excluding hydrogens is 318 g/mol. The lowest BCUT2D eigenvalue weighted by Crippen LogP contribution is -2.24. The molecule has 0 aromatic rings. The molecule has 0 aromatic heterocycles. The maximum atomic E-state index is 12.3. The summed E-state index contributed by atoms with van der Waals surface area (Å²) in [5, 5.41) is 0. The quantitative estimate of drug-likeness (QED) is 0.197. The van der Waals surface area contributed by atoms with E-state index in [-0.39, 0.29) is 5.57 Å². The highest BCUT2D eigenvalue weighted by Crippen LogP contribution is 2.14. The Balaban J connectivity index is 2.63. The average molecular weight is 351 g/mol. The molecule has 1 aliphatic rings. The van der Waals surface area contributed by atoms with Gasteiger partial charge in [-0.25, -0.2) is 9.59 Å². The van der Waals surface area contributed by atoms with E-state index in [1.54, 1.807) is 6.08 Å². The number of esters is 2. The van der Waals surface area contributed by atoms with Crippen LogP contribution in [0.5, 0.6) is 0 Å². The van der Waals surface area contributed by atoms with Crippen LogP contribution in [0, 0.1) is 5.92 Å². The summed E-state index contributed by atoms with van der Waals surface area (Å²) in [4.78, 5) is 26.4. The first-order valence-corrected chi connectivity index (χ1v) is 9.50. The van der Waals surface area contributed by atoms with E-state index in [1.807, 2.05) is 6.20 Å². The fraction of sp³-hybridized carbons (Fsp3) is 0.700. The van der Waals surface area contributed by atoms with Crippen molar-refractivity contribution in [3.8, 4) is 0 Å². The monoisotopic (exact) mass is 351 g/mol. The van der Waals surface area contributed by atoms with Crippen LogP contribution in [0.25, 0.3) is 0 Å². The molecule has 0 aromatic carbocycles. The first kappa shape index (κ1) is 21.3. The molecule has 25 heavy (non-hydrogen) atoms. The van der Waals surface area contributed by atoms with Gasteiger partial charge >= 0.3 is 11.9 Å². The van der Waals surface area contributed by atoms with Crippen LogP contribution in [-0.2, 0) is 19.1 Å². The topological polar surface area (TPSA) is 55.8 Å². The van der Waals surface area contributed by atoms with Crippen molar-refractivity contribution in [2.75, 3.05) is 26.8 Å². The molecule has 1 saturated heterocycles. The van der Waals surface area contributed by atoms with E-state index in [0.717, 1.165) is 38.8 Å². The van der Waals surface area contributed by atoms with E-state index in [2.05, 4.69) is 18.7 Å². The lowest BCUT2D eigenvalue weighted by Gasteiger charge is -2.24. The minimum Gasteiger partial charge on any atom is -0.465 e. The number of ether oxygens (including phenoxy) is 2. The van der Waals surface area contributed by atoms with Crippen LogP contribution in [0.3, 0.4) is 0 Å². The zero-order chi connectivity index (χ0) is 18.5. The Morgan fingerprint density at radius 1 is 1.12 bits per heavy atom. The Hall–Kier alpha value is -1.78.